The van der Waals surface area contributed by atoms with Crippen molar-refractivity contribution in [3.8, 4) is 5.88 Å². The van der Waals surface area contributed by atoms with E-state index in [2.05, 4.69) is 15.5 Å². The van der Waals surface area contributed by atoms with Crippen LogP contribution in [0.5, 0.6) is 5.88 Å². The SMILES string of the molecule is COc1ccc(C(=O)NCc2cccs2)nn1. The lowest BCUT2D eigenvalue weighted by Gasteiger charge is -2.02. The number of nitrogens with one attached hydrogen (secondary N) is 1. The van der Waals surface area contributed by atoms with Crippen molar-refractivity contribution in [2.24, 2.45) is 0 Å². The van der Waals surface area contributed by atoms with E-state index in [0.717, 1.165) is 4.88 Å². The molecule has 0 aromatic carbocycles. The number of hydrogen-bond acceptors (Lipinski definition) is 5. The van der Waals surface area contributed by atoms with Crippen molar-refractivity contribution in [2.75, 3.05) is 7.11 Å². The Labute approximate surface area is 102 Å². The number of carbonyl (C=O) groups is 1. The summed E-state index contributed by atoms with van der Waals surface area (Å²) in [6, 6.07) is 7.09. The summed E-state index contributed by atoms with van der Waals surface area (Å²) in [4.78, 5) is 12.8. The maximum absolute atomic E-state index is 11.7. The molecule has 1 N–H and O–H groups in total. The minimum Gasteiger partial charge on any atom is -0.480 e. The topological polar surface area (TPSA) is 64.1 Å². The molecular formula is C11H11N3O2S. The van der Waals surface area contributed by atoms with Crippen LogP contribution in [-0.2, 0) is 6.54 Å². The first-order valence-corrected chi connectivity index (χ1v) is 5.86. The van der Waals surface area contributed by atoms with E-state index >= 15 is 0 Å². The summed E-state index contributed by atoms with van der Waals surface area (Å²) < 4.78 is 4.86. The van der Waals surface area contributed by atoms with E-state index in [9.17, 15) is 4.79 Å². The van der Waals surface area contributed by atoms with Gasteiger partial charge in [-0.15, -0.1) is 21.5 Å². The van der Waals surface area contributed by atoms with Gasteiger partial charge in [0.15, 0.2) is 5.69 Å². The van der Waals surface area contributed by atoms with Gasteiger partial charge in [-0.05, 0) is 17.5 Å². The zero-order chi connectivity index (χ0) is 12.1. The third-order valence-electron chi connectivity index (χ3n) is 2.09. The standard InChI is InChI=1S/C11H11N3O2S/c1-16-10-5-4-9(13-14-10)11(15)12-7-8-3-2-6-17-8/h2-6H,7H2,1H3,(H,12,15). The molecule has 0 saturated carbocycles. The van der Waals surface area contributed by atoms with Crippen LogP contribution in [0.3, 0.4) is 0 Å². The average molecular weight is 249 g/mol. The van der Waals surface area contributed by atoms with Crippen molar-refractivity contribution in [1.82, 2.24) is 15.5 Å². The fraction of sp³-hybridized carbons (Fsp3) is 0.182. The molecule has 0 atom stereocenters. The van der Waals surface area contributed by atoms with E-state index < -0.39 is 0 Å². The van der Waals surface area contributed by atoms with Gasteiger partial charge >= 0.3 is 0 Å². The third kappa shape index (κ3) is 3.01. The van der Waals surface area contributed by atoms with Gasteiger partial charge in [-0.1, -0.05) is 6.07 Å². The number of ether oxygens (including phenoxy) is 1. The first-order valence-electron chi connectivity index (χ1n) is 4.98. The van der Waals surface area contributed by atoms with Crippen LogP contribution in [-0.4, -0.2) is 23.2 Å². The molecule has 5 nitrogen and oxygen atoms in total. The summed E-state index contributed by atoms with van der Waals surface area (Å²) >= 11 is 1.60. The maximum Gasteiger partial charge on any atom is 0.272 e. The van der Waals surface area contributed by atoms with Crippen LogP contribution >= 0.6 is 11.3 Å². The molecule has 2 aromatic rings. The summed E-state index contributed by atoms with van der Waals surface area (Å²) in [5.41, 5.74) is 0.280. The number of rotatable bonds is 4. The van der Waals surface area contributed by atoms with Gasteiger partial charge in [0.05, 0.1) is 13.7 Å². The summed E-state index contributed by atoms with van der Waals surface area (Å²) in [6.45, 7) is 0.504. The zero-order valence-electron chi connectivity index (χ0n) is 9.21. The summed E-state index contributed by atoms with van der Waals surface area (Å²) in [5, 5.41) is 12.2. The van der Waals surface area contributed by atoms with Crippen LogP contribution in [0.2, 0.25) is 0 Å². The number of hydrogen-bond donors (Lipinski definition) is 1. The van der Waals surface area contributed by atoms with Crippen LogP contribution in [0, 0.1) is 0 Å². The molecule has 0 spiro atoms. The number of nitrogens with zero attached hydrogens (tertiary/aromatic N) is 2. The second-order valence-corrected chi connectivity index (χ2v) is 4.26. The van der Waals surface area contributed by atoms with E-state index in [1.807, 2.05) is 17.5 Å². The Bertz CT molecular complexity index is 482. The Morgan fingerprint density at radius 1 is 1.41 bits per heavy atom. The van der Waals surface area contributed by atoms with E-state index in [1.54, 1.807) is 23.5 Å². The molecule has 2 rings (SSSR count). The highest BCUT2D eigenvalue weighted by Crippen LogP contribution is 2.08. The average Bonchev–Trinajstić information content (AvgIpc) is 2.89. The van der Waals surface area contributed by atoms with E-state index in [4.69, 9.17) is 4.74 Å². The second-order valence-electron chi connectivity index (χ2n) is 3.22. The number of amides is 1. The van der Waals surface area contributed by atoms with E-state index in [0.29, 0.717) is 12.4 Å². The lowest BCUT2D eigenvalue weighted by Crippen LogP contribution is -2.23. The number of thiophene rings is 1. The molecule has 6 heteroatoms. The monoisotopic (exact) mass is 249 g/mol. The predicted octanol–water partition coefficient (Wildman–Crippen LogP) is 1.48. The van der Waals surface area contributed by atoms with Crippen molar-refractivity contribution >= 4 is 17.2 Å². The highest BCUT2D eigenvalue weighted by atomic mass is 32.1. The Hall–Kier alpha value is -1.95. The minimum atomic E-state index is -0.242. The van der Waals surface area contributed by atoms with Gasteiger partial charge in [-0.25, -0.2) is 0 Å². The summed E-state index contributed by atoms with van der Waals surface area (Å²) in [7, 11) is 1.50. The van der Waals surface area contributed by atoms with Gasteiger partial charge in [0.2, 0.25) is 5.88 Å². The smallest absolute Gasteiger partial charge is 0.272 e. The lowest BCUT2D eigenvalue weighted by atomic mass is 10.3. The second kappa shape index (κ2) is 5.40. The van der Waals surface area contributed by atoms with Crippen LogP contribution in [0.25, 0.3) is 0 Å². The van der Waals surface area contributed by atoms with Gasteiger partial charge in [0.25, 0.3) is 5.91 Å². The Morgan fingerprint density at radius 3 is 2.88 bits per heavy atom. The Morgan fingerprint density at radius 2 is 2.29 bits per heavy atom. The predicted molar refractivity (Wildman–Crippen MR) is 64.1 cm³/mol. The number of carbonyl (C=O) groups excluding carboxylic acids is 1. The Kier molecular flexibility index (Phi) is 3.66. The molecule has 0 aliphatic heterocycles. The molecule has 88 valence electrons. The maximum atomic E-state index is 11.7. The molecule has 2 aromatic heterocycles. The number of aromatic nitrogens is 2. The van der Waals surface area contributed by atoms with Gasteiger partial charge < -0.3 is 10.1 Å². The van der Waals surface area contributed by atoms with Crippen LogP contribution < -0.4 is 10.1 Å². The first-order chi connectivity index (χ1) is 8.29. The van der Waals surface area contributed by atoms with Crippen molar-refractivity contribution in [3.63, 3.8) is 0 Å². The highest BCUT2D eigenvalue weighted by Gasteiger charge is 2.08. The van der Waals surface area contributed by atoms with Crippen molar-refractivity contribution in [1.29, 1.82) is 0 Å². The van der Waals surface area contributed by atoms with E-state index in [1.165, 1.54) is 7.11 Å². The summed E-state index contributed by atoms with van der Waals surface area (Å²) in [6.07, 6.45) is 0. The largest absolute Gasteiger partial charge is 0.480 e. The van der Waals surface area contributed by atoms with Crippen molar-refractivity contribution in [2.45, 2.75) is 6.54 Å². The molecule has 1 amide bonds. The van der Waals surface area contributed by atoms with Crippen LogP contribution in [0.4, 0.5) is 0 Å². The Balaban J connectivity index is 1.95. The van der Waals surface area contributed by atoms with Crippen molar-refractivity contribution in [3.05, 3.63) is 40.2 Å². The molecule has 0 bridgehead atoms. The van der Waals surface area contributed by atoms with Gasteiger partial charge in [-0.2, -0.15) is 0 Å². The molecule has 0 saturated heterocycles. The number of methoxy groups -OCH3 is 1. The fourth-order valence-electron chi connectivity index (χ4n) is 1.22. The molecule has 2 heterocycles. The summed E-state index contributed by atoms with van der Waals surface area (Å²) in [5.74, 6) is 0.147. The van der Waals surface area contributed by atoms with Gasteiger partial charge in [-0.3, -0.25) is 4.79 Å². The van der Waals surface area contributed by atoms with Crippen LogP contribution in [0.15, 0.2) is 29.6 Å². The molecule has 0 unspecified atom stereocenters. The molecule has 0 fully saturated rings. The normalized spacial score (nSPS) is 9.94. The highest BCUT2D eigenvalue weighted by molar-refractivity contribution is 7.09. The quantitative estimate of drug-likeness (QED) is 0.891. The molecular weight excluding hydrogens is 238 g/mol. The van der Waals surface area contributed by atoms with Gasteiger partial charge in [0.1, 0.15) is 0 Å². The molecule has 17 heavy (non-hydrogen) atoms. The molecule has 0 aliphatic rings. The van der Waals surface area contributed by atoms with Gasteiger partial charge in [0, 0.05) is 10.9 Å². The molecule has 0 aliphatic carbocycles. The fourth-order valence-corrected chi connectivity index (χ4v) is 1.87. The van der Waals surface area contributed by atoms with E-state index in [-0.39, 0.29) is 11.6 Å². The zero-order valence-corrected chi connectivity index (χ0v) is 10.0. The minimum absolute atomic E-state index is 0.242. The molecule has 0 radical (unpaired) electrons. The van der Waals surface area contributed by atoms with Crippen LogP contribution in [0.1, 0.15) is 15.4 Å². The third-order valence-corrected chi connectivity index (χ3v) is 2.96. The lowest BCUT2D eigenvalue weighted by molar-refractivity contribution is 0.0945. The first kappa shape index (κ1) is 11.5. The van der Waals surface area contributed by atoms with Crippen molar-refractivity contribution < 1.29 is 9.53 Å².